The number of rotatable bonds is 6. The minimum atomic E-state index is -0.489. The molecule has 6 nitrogen and oxygen atoms in total. The number of nitrogens with zero attached hydrogens (tertiary/aromatic N) is 3. The summed E-state index contributed by atoms with van der Waals surface area (Å²) in [4.78, 5) is 12.5. The third-order valence-electron chi connectivity index (χ3n) is 4.83. The van der Waals surface area contributed by atoms with Gasteiger partial charge < -0.3 is 9.47 Å². The van der Waals surface area contributed by atoms with Crippen molar-refractivity contribution in [2.75, 3.05) is 19.5 Å². The average Bonchev–Trinajstić information content (AvgIpc) is 3.39. The van der Waals surface area contributed by atoms with Gasteiger partial charge in [0.25, 0.3) is 5.71 Å². The molecule has 7 heteroatoms. The Labute approximate surface area is 165 Å². The van der Waals surface area contributed by atoms with Gasteiger partial charge in [-0.1, -0.05) is 5.10 Å². The number of thiol groups is 1. The smallest absolute Gasteiger partial charge is 0.366 e. The lowest BCUT2D eigenvalue weighted by atomic mass is 10.0. The van der Waals surface area contributed by atoms with Gasteiger partial charge in [-0.2, -0.15) is 9.85 Å². The zero-order chi connectivity index (χ0) is 19.8. The second-order valence-electron chi connectivity index (χ2n) is 7.08. The first-order chi connectivity index (χ1) is 12.8. The number of esters is 1. The highest BCUT2D eigenvalue weighted by Crippen LogP contribution is 2.46. The normalized spacial score (nSPS) is 21.7. The number of aryl methyl sites for hydroxylation is 2. The summed E-state index contributed by atoms with van der Waals surface area (Å²) in [5.41, 5.74) is 3.48. The van der Waals surface area contributed by atoms with Crippen molar-refractivity contribution in [2.45, 2.75) is 33.6 Å². The highest BCUT2D eigenvalue weighted by Gasteiger charge is 2.51. The molecule has 1 aromatic rings. The fourth-order valence-electron chi connectivity index (χ4n) is 3.41. The maximum atomic E-state index is 12.5. The van der Waals surface area contributed by atoms with E-state index in [1.165, 1.54) is 0 Å². The fourth-order valence-corrected chi connectivity index (χ4v) is 3.63. The maximum absolute atomic E-state index is 12.5. The topological polar surface area (TPSA) is 71.7 Å². The van der Waals surface area contributed by atoms with Crippen LogP contribution in [0.2, 0.25) is 0 Å². The average molecular weight is 386 g/mol. The molecule has 0 amide bonds. The van der Waals surface area contributed by atoms with Crippen molar-refractivity contribution < 1.29 is 18.9 Å². The van der Waals surface area contributed by atoms with Crippen molar-refractivity contribution >= 4 is 24.3 Å². The minimum Gasteiger partial charge on any atom is -0.461 e. The number of hydrogen-bond acceptors (Lipinski definition) is 6. The molecule has 3 rings (SSSR count). The monoisotopic (exact) mass is 386 g/mol. The van der Waals surface area contributed by atoms with Crippen molar-refractivity contribution in [3.8, 4) is 11.8 Å². The largest absolute Gasteiger partial charge is 0.461 e. The first kappa shape index (κ1) is 19.5. The van der Waals surface area contributed by atoms with Gasteiger partial charge in [0.15, 0.2) is 11.6 Å². The summed E-state index contributed by atoms with van der Waals surface area (Å²) < 4.78 is 11.6. The number of hydrogen-bond donors (Lipinski definition) is 1. The number of carbonyl (C=O) groups is 1. The van der Waals surface area contributed by atoms with Crippen LogP contribution >= 0.6 is 12.6 Å². The number of ether oxygens (including phenoxy) is 2. The van der Waals surface area contributed by atoms with E-state index < -0.39 is 5.97 Å². The quantitative estimate of drug-likeness (QED) is 0.462. The third kappa shape index (κ3) is 3.60. The predicted octanol–water partition coefficient (Wildman–Crippen LogP) is 3.44. The van der Waals surface area contributed by atoms with Gasteiger partial charge in [-0.3, -0.25) is 0 Å². The Morgan fingerprint density at radius 3 is 2.48 bits per heavy atom. The summed E-state index contributed by atoms with van der Waals surface area (Å²) >= 11 is 4.46. The van der Waals surface area contributed by atoms with Crippen LogP contribution in [0.1, 0.15) is 36.5 Å². The third-order valence-corrected chi connectivity index (χ3v) is 5.38. The van der Waals surface area contributed by atoms with Crippen LogP contribution in [-0.4, -0.2) is 35.8 Å². The lowest BCUT2D eigenvalue weighted by Crippen LogP contribution is -2.35. The standard InChI is InChI=1S/C20H23N3O3S/c1-5-25-20(24)17-19(18(14-6-7-14)23(4,11-27)22-17)26-15-8-12(2)16(10-21)13(3)9-15/h8-9,14H,5-7,11H2,1-4H3/p+1. The van der Waals surface area contributed by atoms with Crippen LogP contribution < -0.4 is 4.74 Å². The summed E-state index contributed by atoms with van der Waals surface area (Å²) in [5, 5.41) is 13.9. The Morgan fingerprint density at radius 2 is 2.00 bits per heavy atom. The van der Waals surface area contributed by atoms with Crippen molar-refractivity contribution in [1.29, 1.82) is 5.26 Å². The van der Waals surface area contributed by atoms with Crippen LogP contribution in [-0.2, 0) is 9.53 Å². The van der Waals surface area contributed by atoms with E-state index in [9.17, 15) is 10.1 Å². The van der Waals surface area contributed by atoms with Crippen molar-refractivity contribution in [3.05, 3.63) is 40.3 Å². The zero-order valence-corrected chi connectivity index (χ0v) is 17.0. The SMILES string of the molecule is CCOC(=O)C1=N[N+](C)(CS)C(C2CC2)=C1Oc1cc(C)c(C#N)c(C)c1. The van der Waals surface area contributed by atoms with Crippen molar-refractivity contribution in [1.82, 2.24) is 0 Å². The van der Waals surface area contributed by atoms with Crippen LogP contribution in [0.15, 0.2) is 28.7 Å². The van der Waals surface area contributed by atoms with Crippen LogP contribution in [0.25, 0.3) is 0 Å². The van der Waals surface area contributed by atoms with Gasteiger partial charge in [0.05, 0.1) is 25.3 Å². The summed E-state index contributed by atoms with van der Waals surface area (Å²) in [6.07, 6.45) is 2.09. The Kier molecular flexibility index (Phi) is 5.31. The molecule has 0 radical (unpaired) electrons. The maximum Gasteiger partial charge on any atom is 0.366 e. The second-order valence-corrected chi connectivity index (χ2v) is 7.37. The zero-order valence-electron chi connectivity index (χ0n) is 16.1. The molecule has 1 aliphatic heterocycles. The molecule has 0 N–H and O–H groups in total. The summed E-state index contributed by atoms with van der Waals surface area (Å²) in [6, 6.07) is 5.84. The number of benzene rings is 1. The molecule has 1 heterocycles. The molecule has 1 saturated carbocycles. The number of carbonyl (C=O) groups excluding carboxylic acids is 1. The van der Waals surface area contributed by atoms with Gasteiger partial charge >= 0.3 is 5.97 Å². The molecule has 27 heavy (non-hydrogen) atoms. The van der Waals surface area contributed by atoms with E-state index in [2.05, 4.69) is 23.8 Å². The molecule has 0 spiro atoms. The molecule has 142 valence electrons. The number of nitriles is 1. The van der Waals surface area contributed by atoms with E-state index in [4.69, 9.17) is 9.47 Å². The first-order valence-corrected chi connectivity index (χ1v) is 9.66. The Bertz CT molecular complexity index is 873. The molecular weight excluding hydrogens is 362 g/mol. The van der Waals surface area contributed by atoms with Gasteiger partial charge in [-0.15, -0.1) is 12.6 Å². The minimum absolute atomic E-state index is 0.186. The molecular formula is C20H24N3O3S+. The van der Waals surface area contributed by atoms with Crippen LogP contribution in [0.3, 0.4) is 0 Å². The van der Waals surface area contributed by atoms with E-state index in [0.29, 0.717) is 28.9 Å². The van der Waals surface area contributed by atoms with Crippen molar-refractivity contribution in [3.63, 3.8) is 0 Å². The Hall–Kier alpha value is -2.30. The molecule has 0 bridgehead atoms. The summed E-state index contributed by atoms with van der Waals surface area (Å²) in [7, 11) is 1.92. The number of quaternary nitrogens is 1. The van der Waals surface area contributed by atoms with E-state index in [-0.39, 0.29) is 16.9 Å². The fraction of sp³-hybridized carbons (Fsp3) is 0.450. The molecule has 1 unspecified atom stereocenters. The Balaban J connectivity index is 2.07. The molecule has 1 atom stereocenters. The lowest BCUT2D eigenvalue weighted by molar-refractivity contribution is -0.866. The van der Waals surface area contributed by atoms with Crippen LogP contribution in [0.4, 0.5) is 0 Å². The molecule has 0 aromatic heterocycles. The highest BCUT2D eigenvalue weighted by atomic mass is 32.1. The molecule has 0 saturated heterocycles. The molecule has 1 aromatic carbocycles. The van der Waals surface area contributed by atoms with E-state index >= 15 is 0 Å². The van der Waals surface area contributed by atoms with Gasteiger partial charge in [0.1, 0.15) is 5.75 Å². The van der Waals surface area contributed by atoms with E-state index in [1.807, 2.05) is 33.0 Å². The second kappa shape index (κ2) is 7.37. The van der Waals surface area contributed by atoms with Gasteiger partial charge in [-0.05, 0) is 56.9 Å². The molecule has 1 fully saturated rings. The summed E-state index contributed by atoms with van der Waals surface area (Å²) in [5.74, 6) is 1.31. The molecule has 2 aliphatic rings. The molecule has 1 aliphatic carbocycles. The lowest BCUT2D eigenvalue weighted by Gasteiger charge is -2.24. The van der Waals surface area contributed by atoms with E-state index in [0.717, 1.165) is 29.7 Å². The van der Waals surface area contributed by atoms with Crippen molar-refractivity contribution in [2.24, 2.45) is 11.0 Å². The number of allylic oxidation sites excluding steroid dienone is 1. The summed E-state index contributed by atoms with van der Waals surface area (Å²) in [6.45, 7) is 5.78. The Morgan fingerprint density at radius 1 is 1.37 bits per heavy atom. The predicted molar refractivity (Wildman–Crippen MR) is 105 cm³/mol. The first-order valence-electron chi connectivity index (χ1n) is 9.02. The van der Waals surface area contributed by atoms with Gasteiger partial charge in [-0.25, -0.2) is 4.79 Å². The van der Waals surface area contributed by atoms with E-state index in [1.54, 1.807) is 6.92 Å². The highest BCUT2D eigenvalue weighted by molar-refractivity contribution is 7.80. The van der Waals surface area contributed by atoms with Gasteiger partial charge in [0, 0.05) is 5.92 Å². The van der Waals surface area contributed by atoms with Gasteiger partial charge in [0.2, 0.25) is 5.76 Å². The van der Waals surface area contributed by atoms with Crippen LogP contribution in [0.5, 0.6) is 5.75 Å². The van der Waals surface area contributed by atoms with Crippen LogP contribution in [0, 0.1) is 31.1 Å².